The molecule has 4 nitrogen and oxygen atoms in total. The van der Waals surface area contributed by atoms with E-state index >= 15 is 0 Å². The molecular formula is C8H16N2O2S. The molecular weight excluding hydrogens is 188 g/mol. The third-order valence-corrected chi connectivity index (χ3v) is 3.69. The van der Waals surface area contributed by atoms with E-state index in [2.05, 4.69) is 10.0 Å². The molecule has 1 saturated carbocycles. The highest BCUT2D eigenvalue weighted by Gasteiger charge is 2.50. The van der Waals surface area contributed by atoms with Crippen LogP contribution in [0.1, 0.15) is 12.8 Å². The SMILES string of the molecule is CS(=O)(=O)N[C@@H]1[C@@H]2CCNCC[C@@H]21. The van der Waals surface area contributed by atoms with Crippen LogP contribution in [0.3, 0.4) is 0 Å². The van der Waals surface area contributed by atoms with Gasteiger partial charge in [0.25, 0.3) is 0 Å². The molecule has 0 radical (unpaired) electrons. The van der Waals surface area contributed by atoms with Crippen LogP contribution >= 0.6 is 0 Å². The number of sulfonamides is 1. The highest BCUT2D eigenvalue weighted by molar-refractivity contribution is 7.88. The van der Waals surface area contributed by atoms with Gasteiger partial charge in [0.2, 0.25) is 10.0 Å². The number of hydrogen-bond acceptors (Lipinski definition) is 3. The third-order valence-electron chi connectivity index (χ3n) is 2.99. The molecule has 0 aromatic carbocycles. The lowest BCUT2D eigenvalue weighted by Crippen LogP contribution is -2.28. The van der Waals surface area contributed by atoms with Crippen LogP contribution in [0.5, 0.6) is 0 Å². The number of hydrogen-bond donors (Lipinski definition) is 2. The molecule has 5 heteroatoms. The van der Waals surface area contributed by atoms with Crippen LogP contribution in [0.25, 0.3) is 0 Å². The summed E-state index contributed by atoms with van der Waals surface area (Å²) >= 11 is 0. The van der Waals surface area contributed by atoms with E-state index in [-0.39, 0.29) is 6.04 Å². The fourth-order valence-corrected chi connectivity index (χ4v) is 3.16. The molecule has 0 spiro atoms. The summed E-state index contributed by atoms with van der Waals surface area (Å²) in [4.78, 5) is 0. The molecule has 2 N–H and O–H groups in total. The van der Waals surface area contributed by atoms with Crippen LogP contribution in [0.4, 0.5) is 0 Å². The van der Waals surface area contributed by atoms with Crippen molar-refractivity contribution >= 4 is 10.0 Å². The van der Waals surface area contributed by atoms with Gasteiger partial charge in [-0.2, -0.15) is 0 Å². The number of rotatable bonds is 2. The van der Waals surface area contributed by atoms with Crippen molar-refractivity contribution in [1.82, 2.24) is 10.0 Å². The Bertz CT molecular complexity index is 277. The summed E-state index contributed by atoms with van der Waals surface area (Å²) in [6.07, 6.45) is 3.46. The van der Waals surface area contributed by atoms with Crippen molar-refractivity contribution < 1.29 is 8.42 Å². The number of fused-ring (bicyclic) bond motifs is 1. The standard InChI is InChI=1S/C8H16N2O2S/c1-13(11,12)10-8-6-2-4-9-5-3-7(6)8/h6-10H,2-5H2,1H3/t6-,7+,8-. The van der Waals surface area contributed by atoms with E-state index in [9.17, 15) is 8.42 Å². The van der Waals surface area contributed by atoms with Gasteiger partial charge in [0, 0.05) is 6.04 Å². The topological polar surface area (TPSA) is 58.2 Å². The molecule has 1 aliphatic heterocycles. The van der Waals surface area contributed by atoms with Crippen molar-refractivity contribution in [3.63, 3.8) is 0 Å². The van der Waals surface area contributed by atoms with Crippen molar-refractivity contribution in [2.24, 2.45) is 11.8 Å². The lowest BCUT2D eigenvalue weighted by atomic mass is 10.2. The van der Waals surface area contributed by atoms with Crippen LogP contribution in [0.2, 0.25) is 0 Å². The van der Waals surface area contributed by atoms with E-state index in [1.807, 2.05) is 0 Å². The minimum atomic E-state index is -3.00. The van der Waals surface area contributed by atoms with Crippen LogP contribution in [0.15, 0.2) is 0 Å². The lowest BCUT2D eigenvalue weighted by molar-refractivity contribution is 0.567. The summed E-state index contributed by atoms with van der Waals surface area (Å²) in [6.45, 7) is 2.06. The maximum Gasteiger partial charge on any atom is 0.208 e. The molecule has 1 saturated heterocycles. The highest BCUT2D eigenvalue weighted by atomic mass is 32.2. The van der Waals surface area contributed by atoms with Crippen molar-refractivity contribution in [2.75, 3.05) is 19.3 Å². The molecule has 0 amide bonds. The van der Waals surface area contributed by atoms with E-state index in [1.165, 1.54) is 6.26 Å². The minimum absolute atomic E-state index is 0.233. The zero-order valence-corrected chi connectivity index (χ0v) is 8.60. The van der Waals surface area contributed by atoms with E-state index in [1.54, 1.807) is 0 Å². The average molecular weight is 204 g/mol. The van der Waals surface area contributed by atoms with Crippen molar-refractivity contribution in [3.05, 3.63) is 0 Å². The van der Waals surface area contributed by atoms with Gasteiger partial charge in [0.1, 0.15) is 0 Å². The summed E-state index contributed by atoms with van der Waals surface area (Å²) in [5, 5.41) is 3.31. The molecule has 0 bridgehead atoms. The quantitative estimate of drug-likeness (QED) is 0.639. The van der Waals surface area contributed by atoms with E-state index in [0.29, 0.717) is 11.8 Å². The van der Waals surface area contributed by atoms with E-state index < -0.39 is 10.0 Å². The van der Waals surface area contributed by atoms with Gasteiger partial charge in [0.05, 0.1) is 6.26 Å². The molecule has 1 aliphatic carbocycles. The Balaban J connectivity index is 1.92. The Morgan fingerprint density at radius 1 is 1.23 bits per heavy atom. The molecule has 0 aromatic rings. The largest absolute Gasteiger partial charge is 0.317 e. The molecule has 0 aromatic heterocycles. The smallest absolute Gasteiger partial charge is 0.208 e. The molecule has 13 heavy (non-hydrogen) atoms. The second-order valence-corrected chi connectivity index (χ2v) is 5.85. The molecule has 3 atom stereocenters. The average Bonchev–Trinajstić information content (AvgIpc) is 2.65. The molecule has 2 fully saturated rings. The highest BCUT2D eigenvalue weighted by Crippen LogP contribution is 2.45. The normalized spacial score (nSPS) is 39.3. The van der Waals surface area contributed by atoms with Crippen LogP contribution in [-0.4, -0.2) is 33.8 Å². The molecule has 2 aliphatic rings. The first-order valence-corrected chi connectivity index (χ1v) is 6.65. The van der Waals surface area contributed by atoms with E-state index in [4.69, 9.17) is 0 Å². The van der Waals surface area contributed by atoms with Gasteiger partial charge >= 0.3 is 0 Å². The number of nitrogens with one attached hydrogen (secondary N) is 2. The Morgan fingerprint density at radius 3 is 2.23 bits per heavy atom. The van der Waals surface area contributed by atoms with Gasteiger partial charge in [0.15, 0.2) is 0 Å². The molecule has 1 heterocycles. The first kappa shape index (κ1) is 9.43. The lowest BCUT2D eigenvalue weighted by Gasteiger charge is -2.04. The summed E-state index contributed by atoms with van der Waals surface area (Å²) < 4.78 is 24.7. The van der Waals surface area contributed by atoms with Crippen molar-refractivity contribution in [1.29, 1.82) is 0 Å². The fourth-order valence-electron chi connectivity index (χ4n) is 2.32. The fraction of sp³-hybridized carbons (Fsp3) is 1.00. The Hall–Kier alpha value is -0.130. The Morgan fingerprint density at radius 2 is 1.77 bits per heavy atom. The predicted octanol–water partition coefficient (Wildman–Crippen LogP) is -0.466. The Kier molecular flexibility index (Phi) is 2.33. The van der Waals surface area contributed by atoms with E-state index in [0.717, 1.165) is 25.9 Å². The van der Waals surface area contributed by atoms with Crippen LogP contribution < -0.4 is 10.0 Å². The summed E-state index contributed by atoms with van der Waals surface area (Å²) in [6, 6.07) is 0.233. The maximum atomic E-state index is 11.0. The van der Waals surface area contributed by atoms with Gasteiger partial charge in [-0.25, -0.2) is 13.1 Å². The van der Waals surface area contributed by atoms with Crippen molar-refractivity contribution in [2.45, 2.75) is 18.9 Å². The summed E-state index contributed by atoms with van der Waals surface area (Å²) in [5.41, 5.74) is 0. The molecule has 0 unspecified atom stereocenters. The van der Waals surface area contributed by atoms with Gasteiger partial charge in [-0.1, -0.05) is 0 Å². The van der Waals surface area contributed by atoms with Gasteiger partial charge in [-0.05, 0) is 37.8 Å². The van der Waals surface area contributed by atoms with Gasteiger partial charge < -0.3 is 5.32 Å². The van der Waals surface area contributed by atoms with Crippen molar-refractivity contribution in [3.8, 4) is 0 Å². The molecule has 76 valence electrons. The predicted molar refractivity (Wildman–Crippen MR) is 50.9 cm³/mol. The monoisotopic (exact) mass is 204 g/mol. The van der Waals surface area contributed by atoms with Gasteiger partial charge in [-0.3, -0.25) is 0 Å². The summed E-state index contributed by atoms with van der Waals surface area (Å²) in [7, 11) is -3.00. The van der Waals surface area contributed by atoms with Crippen LogP contribution in [0, 0.1) is 11.8 Å². The Labute approximate surface area is 79.1 Å². The third kappa shape index (κ3) is 2.21. The zero-order chi connectivity index (χ0) is 9.47. The second-order valence-electron chi connectivity index (χ2n) is 4.07. The zero-order valence-electron chi connectivity index (χ0n) is 7.79. The maximum absolute atomic E-state index is 11.0. The first-order chi connectivity index (χ1) is 6.08. The summed E-state index contributed by atoms with van der Waals surface area (Å²) in [5.74, 6) is 1.18. The van der Waals surface area contributed by atoms with Crippen LogP contribution in [-0.2, 0) is 10.0 Å². The first-order valence-electron chi connectivity index (χ1n) is 4.76. The molecule has 2 rings (SSSR count). The second kappa shape index (κ2) is 3.22. The van der Waals surface area contributed by atoms with Gasteiger partial charge in [-0.15, -0.1) is 0 Å². The minimum Gasteiger partial charge on any atom is -0.317 e.